The standard InChI is InChI=1S/C12H15NOS/c1-2-10(9-15)8-14-12-5-3-4-11(6-12)7-13/h3-6,10,15H,2,8-9H2,1H3. The maximum Gasteiger partial charge on any atom is 0.120 e. The SMILES string of the molecule is CCC(CS)COc1cccc(C#N)c1. The van der Waals surface area contributed by atoms with Gasteiger partial charge in [-0.3, -0.25) is 0 Å². The predicted octanol–water partition coefficient (Wildman–Crippen LogP) is 2.89. The van der Waals surface area contributed by atoms with E-state index in [9.17, 15) is 0 Å². The number of nitriles is 1. The molecule has 1 rings (SSSR count). The number of rotatable bonds is 5. The van der Waals surface area contributed by atoms with Crippen molar-refractivity contribution in [2.24, 2.45) is 5.92 Å². The van der Waals surface area contributed by atoms with E-state index in [4.69, 9.17) is 10.00 Å². The number of hydrogen-bond acceptors (Lipinski definition) is 3. The quantitative estimate of drug-likeness (QED) is 0.775. The Labute approximate surface area is 96.3 Å². The van der Waals surface area contributed by atoms with Crippen LogP contribution in [0.1, 0.15) is 18.9 Å². The van der Waals surface area contributed by atoms with Gasteiger partial charge in [-0.05, 0) is 30.4 Å². The Kier molecular flexibility index (Phi) is 5.06. The van der Waals surface area contributed by atoms with E-state index in [0.717, 1.165) is 17.9 Å². The number of nitrogens with zero attached hydrogens (tertiary/aromatic N) is 1. The van der Waals surface area contributed by atoms with E-state index in [1.54, 1.807) is 12.1 Å². The van der Waals surface area contributed by atoms with Crippen LogP contribution in [0, 0.1) is 17.2 Å². The first-order chi connectivity index (χ1) is 7.30. The van der Waals surface area contributed by atoms with Crippen LogP contribution in [0.3, 0.4) is 0 Å². The lowest BCUT2D eigenvalue weighted by atomic mass is 10.1. The zero-order valence-electron chi connectivity index (χ0n) is 8.81. The van der Waals surface area contributed by atoms with Gasteiger partial charge < -0.3 is 4.74 Å². The summed E-state index contributed by atoms with van der Waals surface area (Å²) in [5, 5.41) is 8.71. The van der Waals surface area contributed by atoms with Crippen LogP contribution in [0.25, 0.3) is 0 Å². The first-order valence-electron chi connectivity index (χ1n) is 5.04. The van der Waals surface area contributed by atoms with Crippen molar-refractivity contribution in [2.45, 2.75) is 13.3 Å². The molecule has 0 saturated heterocycles. The molecule has 1 atom stereocenters. The smallest absolute Gasteiger partial charge is 0.120 e. The molecule has 0 aromatic heterocycles. The molecular formula is C12H15NOS. The minimum absolute atomic E-state index is 0.471. The summed E-state index contributed by atoms with van der Waals surface area (Å²) >= 11 is 4.25. The Morgan fingerprint density at radius 1 is 1.53 bits per heavy atom. The van der Waals surface area contributed by atoms with E-state index in [0.29, 0.717) is 18.1 Å². The Bertz CT molecular complexity index is 342. The summed E-state index contributed by atoms with van der Waals surface area (Å²) in [6, 6.07) is 9.31. The first kappa shape index (κ1) is 11.9. The first-order valence-corrected chi connectivity index (χ1v) is 5.67. The summed E-state index contributed by atoms with van der Waals surface area (Å²) in [6.07, 6.45) is 1.06. The molecule has 80 valence electrons. The van der Waals surface area contributed by atoms with Gasteiger partial charge in [-0.2, -0.15) is 17.9 Å². The van der Waals surface area contributed by atoms with Gasteiger partial charge >= 0.3 is 0 Å². The summed E-state index contributed by atoms with van der Waals surface area (Å²) in [5.74, 6) is 2.06. The van der Waals surface area contributed by atoms with Crippen LogP contribution in [0.5, 0.6) is 5.75 Å². The van der Waals surface area contributed by atoms with E-state index in [-0.39, 0.29) is 0 Å². The molecular weight excluding hydrogens is 206 g/mol. The molecule has 0 bridgehead atoms. The van der Waals surface area contributed by atoms with Crippen molar-refractivity contribution in [3.63, 3.8) is 0 Å². The molecule has 0 heterocycles. The van der Waals surface area contributed by atoms with Crippen molar-refractivity contribution < 1.29 is 4.74 Å². The average molecular weight is 221 g/mol. The van der Waals surface area contributed by atoms with Crippen LogP contribution in [-0.4, -0.2) is 12.4 Å². The molecule has 2 nitrogen and oxygen atoms in total. The van der Waals surface area contributed by atoms with Crippen LogP contribution in [0.15, 0.2) is 24.3 Å². The predicted molar refractivity (Wildman–Crippen MR) is 64.3 cm³/mol. The van der Waals surface area contributed by atoms with Crippen LogP contribution < -0.4 is 4.74 Å². The molecule has 0 N–H and O–H groups in total. The second-order valence-electron chi connectivity index (χ2n) is 3.41. The maximum absolute atomic E-state index is 8.71. The maximum atomic E-state index is 8.71. The molecule has 3 heteroatoms. The molecule has 1 aromatic carbocycles. The van der Waals surface area contributed by atoms with Crippen molar-refractivity contribution in [3.8, 4) is 11.8 Å². The lowest BCUT2D eigenvalue weighted by molar-refractivity contribution is 0.259. The third kappa shape index (κ3) is 3.85. The molecule has 0 radical (unpaired) electrons. The van der Waals surface area contributed by atoms with Gasteiger partial charge in [0.2, 0.25) is 0 Å². The van der Waals surface area contributed by atoms with Crippen LogP contribution >= 0.6 is 12.6 Å². The topological polar surface area (TPSA) is 33.0 Å². The van der Waals surface area contributed by atoms with Gasteiger partial charge in [-0.15, -0.1) is 0 Å². The van der Waals surface area contributed by atoms with E-state index in [1.165, 1.54) is 0 Å². The molecule has 0 aliphatic heterocycles. The Morgan fingerprint density at radius 2 is 2.33 bits per heavy atom. The van der Waals surface area contributed by atoms with E-state index >= 15 is 0 Å². The van der Waals surface area contributed by atoms with Gasteiger partial charge in [0.1, 0.15) is 5.75 Å². The third-order valence-electron chi connectivity index (χ3n) is 2.28. The molecule has 1 aromatic rings. The Balaban J connectivity index is 2.54. The molecule has 15 heavy (non-hydrogen) atoms. The molecule has 0 fully saturated rings. The summed E-state index contributed by atoms with van der Waals surface area (Å²) in [4.78, 5) is 0. The van der Waals surface area contributed by atoms with Crippen LogP contribution in [0.2, 0.25) is 0 Å². The lowest BCUT2D eigenvalue weighted by Gasteiger charge is -2.13. The van der Waals surface area contributed by atoms with Crippen molar-refractivity contribution in [1.82, 2.24) is 0 Å². The Hall–Kier alpha value is -1.14. The van der Waals surface area contributed by atoms with E-state index in [1.807, 2.05) is 12.1 Å². The Morgan fingerprint density at radius 3 is 2.93 bits per heavy atom. The zero-order chi connectivity index (χ0) is 11.1. The highest BCUT2D eigenvalue weighted by Crippen LogP contribution is 2.14. The van der Waals surface area contributed by atoms with Gasteiger partial charge in [0.25, 0.3) is 0 Å². The molecule has 0 saturated carbocycles. The molecule has 0 spiro atoms. The second kappa shape index (κ2) is 6.36. The van der Waals surface area contributed by atoms with E-state index < -0.39 is 0 Å². The zero-order valence-corrected chi connectivity index (χ0v) is 9.71. The summed E-state index contributed by atoms with van der Waals surface area (Å²) in [6.45, 7) is 2.78. The lowest BCUT2D eigenvalue weighted by Crippen LogP contribution is -2.12. The fourth-order valence-electron chi connectivity index (χ4n) is 1.17. The highest BCUT2D eigenvalue weighted by Gasteiger charge is 2.04. The fourth-order valence-corrected chi connectivity index (χ4v) is 1.53. The number of thiol groups is 1. The summed E-state index contributed by atoms with van der Waals surface area (Å²) in [5.41, 5.74) is 0.631. The molecule has 1 unspecified atom stereocenters. The number of ether oxygens (including phenoxy) is 1. The minimum Gasteiger partial charge on any atom is -0.493 e. The van der Waals surface area contributed by atoms with Gasteiger partial charge in [-0.1, -0.05) is 13.0 Å². The number of benzene rings is 1. The van der Waals surface area contributed by atoms with Crippen LogP contribution in [0.4, 0.5) is 0 Å². The summed E-state index contributed by atoms with van der Waals surface area (Å²) < 4.78 is 5.59. The van der Waals surface area contributed by atoms with Gasteiger partial charge in [0.05, 0.1) is 18.2 Å². The highest BCUT2D eigenvalue weighted by molar-refractivity contribution is 7.80. The minimum atomic E-state index is 0.471. The highest BCUT2D eigenvalue weighted by atomic mass is 32.1. The normalized spacial score (nSPS) is 11.8. The van der Waals surface area contributed by atoms with E-state index in [2.05, 4.69) is 25.6 Å². The van der Waals surface area contributed by atoms with Crippen molar-refractivity contribution in [2.75, 3.05) is 12.4 Å². The van der Waals surface area contributed by atoms with Gasteiger partial charge in [0, 0.05) is 5.92 Å². The average Bonchev–Trinajstić information content (AvgIpc) is 2.31. The molecule has 0 aliphatic carbocycles. The summed E-state index contributed by atoms with van der Waals surface area (Å²) in [7, 11) is 0. The van der Waals surface area contributed by atoms with Gasteiger partial charge in [-0.25, -0.2) is 0 Å². The second-order valence-corrected chi connectivity index (χ2v) is 3.77. The fraction of sp³-hybridized carbons (Fsp3) is 0.417. The van der Waals surface area contributed by atoms with Crippen LogP contribution in [-0.2, 0) is 0 Å². The number of hydrogen-bond donors (Lipinski definition) is 1. The molecule has 0 amide bonds. The van der Waals surface area contributed by atoms with Crippen molar-refractivity contribution >= 4 is 12.6 Å². The molecule has 0 aliphatic rings. The largest absolute Gasteiger partial charge is 0.493 e. The van der Waals surface area contributed by atoms with Crippen molar-refractivity contribution in [3.05, 3.63) is 29.8 Å². The van der Waals surface area contributed by atoms with Crippen molar-refractivity contribution in [1.29, 1.82) is 5.26 Å². The monoisotopic (exact) mass is 221 g/mol. The third-order valence-corrected chi connectivity index (χ3v) is 2.80. The van der Waals surface area contributed by atoms with Gasteiger partial charge in [0.15, 0.2) is 0 Å².